The Labute approximate surface area is 135 Å². The molecule has 1 fully saturated rings. The second-order valence-corrected chi connectivity index (χ2v) is 8.26. The van der Waals surface area contributed by atoms with E-state index in [4.69, 9.17) is 9.46 Å². The number of likely N-dealkylation sites (tertiary alicyclic amines) is 1. The van der Waals surface area contributed by atoms with E-state index in [1.54, 1.807) is 0 Å². The topological polar surface area (TPSA) is 38.8 Å². The minimum atomic E-state index is -0.643. The van der Waals surface area contributed by atoms with E-state index in [9.17, 15) is 4.79 Å². The quantitative estimate of drug-likeness (QED) is 0.335. The van der Waals surface area contributed by atoms with E-state index in [1.165, 1.54) is 0 Å². The smallest absolute Gasteiger partial charge is 0.223 e. The van der Waals surface area contributed by atoms with Crippen LogP contribution in [0.15, 0.2) is 30.3 Å². The van der Waals surface area contributed by atoms with Gasteiger partial charge in [-0.2, -0.15) is 0 Å². The summed E-state index contributed by atoms with van der Waals surface area (Å²) in [5, 5.41) is 0. The monoisotopic (exact) mass is 321 g/mol. The molecule has 0 N–H and O–H groups in total. The van der Waals surface area contributed by atoms with Crippen molar-refractivity contribution in [2.24, 2.45) is 5.41 Å². The highest BCUT2D eigenvalue weighted by molar-refractivity contribution is 6.26. The highest BCUT2D eigenvalue weighted by atomic mass is 28.2. The summed E-state index contributed by atoms with van der Waals surface area (Å²) in [4.78, 5) is 19.4. The van der Waals surface area contributed by atoms with Gasteiger partial charge in [-0.3, -0.25) is 9.37 Å². The summed E-state index contributed by atoms with van der Waals surface area (Å²) in [6.07, 6.45) is 1.47. The van der Waals surface area contributed by atoms with Gasteiger partial charge in [0, 0.05) is 13.0 Å². The Hall–Kier alpha value is -1.17. The van der Waals surface area contributed by atoms with Crippen LogP contribution in [0.3, 0.4) is 0 Å². The molecule has 0 unspecified atom stereocenters. The van der Waals surface area contributed by atoms with Crippen LogP contribution in [0.1, 0.15) is 39.2 Å². The summed E-state index contributed by atoms with van der Waals surface area (Å²) in [6, 6.07) is 11.3. The first kappa shape index (κ1) is 17.2. The third-order valence-electron chi connectivity index (χ3n) is 3.93. The third kappa shape index (κ3) is 5.55. The van der Waals surface area contributed by atoms with Crippen LogP contribution in [0, 0.1) is 5.41 Å². The van der Waals surface area contributed by atoms with Gasteiger partial charge in [0.2, 0.25) is 15.7 Å². The molecule has 1 heterocycles. The summed E-state index contributed by atoms with van der Waals surface area (Å²) in [5.41, 5.74) is 1.46. The van der Waals surface area contributed by atoms with Gasteiger partial charge in [-0.25, -0.2) is 4.89 Å². The average molecular weight is 321 g/mol. The van der Waals surface area contributed by atoms with Gasteiger partial charge >= 0.3 is 0 Å². The van der Waals surface area contributed by atoms with Crippen LogP contribution in [0.4, 0.5) is 0 Å². The zero-order valence-corrected chi connectivity index (χ0v) is 15.3. The molecule has 2 rings (SSSR count). The van der Waals surface area contributed by atoms with Crippen LogP contribution in [0.25, 0.3) is 0 Å². The molecule has 5 heteroatoms. The summed E-state index contributed by atoms with van der Waals surface area (Å²) in [5.74, 6) is 0.212. The van der Waals surface area contributed by atoms with Gasteiger partial charge in [0.1, 0.15) is 6.61 Å². The van der Waals surface area contributed by atoms with E-state index in [0.717, 1.165) is 18.0 Å². The van der Waals surface area contributed by atoms with Crippen LogP contribution in [-0.4, -0.2) is 33.2 Å². The van der Waals surface area contributed by atoms with Crippen molar-refractivity contribution in [1.82, 2.24) is 4.90 Å². The van der Waals surface area contributed by atoms with Gasteiger partial charge in [-0.1, -0.05) is 51.1 Å². The van der Waals surface area contributed by atoms with Gasteiger partial charge < -0.3 is 4.90 Å². The van der Waals surface area contributed by atoms with Crippen LogP contribution in [0.2, 0.25) is 6.04 Å². The molecule has 1 aromatic carbocycles. The normalized spacial score (nSPS) is 19.5. The van der Waals surface area contributed by atoms with Gasteiger partial charge in [0.25, 0.3) is 0 Å². The minimum Gasteiger partial charge on any atom is -0.333 e. The standard InChI is InChI=1S/C17H27NO3Si/c1-17(2,3)13-22-21-20-12-15-9-10-16(19)18(15)11-14-7-5-4-6-8-14/h4-8,15H,9-13,22H2,1-3H3/t15-/m0/s1. The van der Waals surface area contributed by atoms with Crippen molar-refractivity contribution in [3.63, 3.8) is 0 Å². The number of carbonyl (C=O) groups is 1. The average Bonchev–Trinajstić information content (AvgIpc) is 2.80. The SMILES string of the molecule is CC(C)(C)C[SiH2]OOC[C@@H]1CCC(=O)N1Cc1ccccc1. The molecule has 0 aliphatic carbocycles. The lowest BCUT2D eigenvalue weighted by atomic mass is 10.0. The molecule has 0 saturated carbocycles. The van der Waals surface area contributed by atoms with E-state index in [1.807, 2.05) is 23.1 Å². The second-order valence-electron chi connectivity index (χ2n) is 7.12. The molecule has 122 valence electrons. The second kappa shape index (κ2) is 7.90. The number of carbonyl (C=O) groups excluding carboxylic acids is 1. The predicted octanol–water partition coefficient (Wildman–Crippen LogP) is 2.67. The maximum Gasteiger partial charge on any atom is 0.223 e. The summed E-state index contributed by atoms with van der Waals surface area (Å²) in [6.45, 7) is 7.77. The number of nitrogens with zero attached hydrogens (tertiary/aromatic N) is 1. The largest absolute Gasteiger partial charge is 0.333 e. The van der Waals surface area contributed by atoms with Crippen molar-refractivity contribution in [2.45, 2.75) is 52.2 Å². The lowest BCUT2D eigenvalue weighted by molar-refractivity contribution is -0.218. The van der Waals surface area contributed by atoms with Crippen molar-refractivity contribution >= 4 is 15.7 Å². The van der Waals surface area contributed by atoms with E-state index < -0.39 is 9.76 Å². The Morgan fingerprint density at radius 1 is 1.27 bits per heavy atom. The first-order chi connectivity index (χ1) is 10.5. The predicted molar refractivity (Wildman–Crippen MR) is 89.9 cm³/mol. The highest BCUT2D eigenvalue weighted by Gasteiger charge is 2.31. The molecule has 1 aliphatic heterocycles. The fourth-order valence-corrected chi connectivity index (χ4v) is 3.41. The van der Waals surface area contributed by atoms with Crippen molar-refractivity contribution in [3.8, 4) is 0 Å². The molecule has 1 atom stereocenters. The van der Waals surface area contributed by atoms with Crippen molar-refractivity contribution in [2.75, 3.05) is 6.61 Å². The molecule has 1 aromatic rings. The fourth-order valence-electron chi connectivity index (χ4n) is 2.50. The van der Waals surface area contributed by atoms with Crippen molar-refractivity contribution in [3.05, 3.63) is 35.9 Å². The molecular formula is C17H27NO3Si. The molecular weight excluding hydrogens is 294 g/mol. The van der Waals surface area contributed by atoms with Crippen LogP contribution in [-0.2, 0) is 20.8 Å². The Kier molecular flexibility index (Phi) is 6.17. The van der Waals surface area contributed by atoms with E-state index >= 15 is 0 Å². The molecule has 1 amide bonds. The Morgan fingerprint density at radius 2 is 2.00 bits per heavy atom. The molecule has 0 bridgehead atoms. The van der Waals surface area contributed by atoms with Crippen LogP contribution < -0.4 is 0 Å². The number of hydrogen-bond acceptors (Lipinski definition) is 3. The first-order valence-corrected chi connectivity index (χ1v) is 9.61. The lowest BCUT2D eigenvalue weighted by Crippen LogP contribution is -2.35. The molecule has 0 spiro atoms. The number of benzene rings is 1. The third-order valence-corrected chi connectivity index (χ3v) is 5.96. The maximum atomic E-state index is 12.0. The minimum absolute atomic E-state index is 0.136. The number of amides is 1. The Balaban J connectivity index is 1.76. The maximum absolute atomic E-state index is 12.0. The van der Waals surface area contributed by atoms with Crippen LogP contribution in [0.5, 0.6) is 0 Å². The molecule has 0 radical (unpaired) electrons. The van der Waals surface area contributed by atoms with Gasteiger partial charge in [0.05, 0.1) is 6.04 Å². The van der Waals surface area contributed by atoms with Crippen molar-refractivity contribution in [1.29, 1.82) is 0 Å². The van der Waals surface area contributed by atoms with E-state index in [-0.39, 0.29) is 11.9 Å². The summed E-state index contributed by atoms with van der Waals surface area (Å²) >= 11 is 0. The zero-order chi connectivity index (χ0) is 16.0. The number of hydrogen-bond donors (Lipinski definition) is 0. The fraction of sp³-hybridized carbons (Fsp3) is 0.588. The Morgan fingerprint density at radius 3 is 2.68 bits per heavy atom. The van der Waals surface area contributed by atoms with Crippen molar-refractivity contribution < 1.29 is 14.3 Å². The molecule has 4 nitrogen and oxygen atoms in total. The highest BCUT2D eigenvalue weighted by Crippen LogP contribution is 2.22. The van der Waals surface area contributed by atoms with Gasteiger partial charge in [-0.15, -0.1) is 0 Å². The summed E-state index contributed by atoms with van der Waals surface area (Å²) in [7, 11) is -0.643. The van der Waals surface area contributed by atoms with E-state index in [2.05, 4.69) is 32.9 Å². The van der Waals surface area contributed by atoms with E-state index in [0.29, 0.717) is 25.0 Å². The molecule has 1 saturated heterocycles. The summed E-state index contributed by atoms with van der Waals surface area (Å²) < 4.78 is 5.41. The Bertz CT molecular complexity index is 473. The first-order valence-electron chi connectivity index (χ1n) is 8.03. The van der Waals surface area contributed by atoms with Gasteiger partial charge in [-0.05, 0) is 23.4 Å². The number of rotatable bonds is 7. The molecule has 0 aromatic heterocycles. The van der Waals surface area contributed by atoms with Gasteiger partial charge in [0.15, 0.2) is 0 Å². The zero-order valence-electron chi connectivity index (χ0n) is 13.9. The molecule has 22 heavy (non-hydrogen) atoms. The molecule has 1 aliphatic rings. The van der Waals surface area contributed by atoms with Crippen LogP contribution >= 0.6 is 0 Å². The lowest BCUT2D eigenvalue weighted by Gasteiger charge is -2.24.